The summed E-state index contributed by atoms with van der Waals surface area (Å²) in [5.74, 6) is -0.686. The summed E-state index contributed by atoms with van der Waals surface area (Å²) in [5, 5.41) is 7.22. The molecule has 0 radical (unpaired) electrons. The van der Waals surface area contributed by atoms with Crippen LogP contribution in [0.25, 0.3) is 0 Å². The third kappa shape index (κ3) is 5.21. The Labute approximate surface area is 166 Å². The van der Waals surface area contributed by atoms with E-state index >= 15 is 0 Å². The molecule has 0 aliphatic heterocycles. The Morgan fingerprint density at radius 3 is 2.64 bits per heavy atom. The fourth-order valence-electron chi connectivity index (χ4n) is 3.71. The first-order valence-corrected chi connectivity index (χ1v) is 10.00. The quantitative estimate of drug-likeness (QED) is 0.745. The molecule has 1 aliphatic carbocycles. The molecule has 1 aliphatic rings. The number of aromatic nitrogens is 2. The molecule has 1 heterocycles. The highest BCUT2D eigenvalue weighted by molar-refractivity contribution is 5.80. The molecule has 0 fully saturated rings. The van der Waals surface area contributed by atoms with Crippen molar-refractivity contribution < 1.29 is 14.3 Å². The molecule has 3 rings (SSSR count). The first kappa shape index (κ1) is 20.1. The highest BCUT2D eigenvalue weighted by Crippen LogP contribution is 2.24. The molecule has 6 heteroatoms. The number of rotatable bonds is 7. The number of carbonyl (C=O) groups excluding carboxylic acids is 2. The summed E-state index contributed by atoms with van der Waals surface area (Å²) in [7, 11) is 0. The van der Waals surface area contributed by atoms with Gasteiger partial charge in [0.1, 0.15) is 0 Å². The van der Waals surface area contributed by atoms with Crippen LogP contribution in [0.1, 0.15) is 60.3 Å². The number of aryl methyl sites for hydroxylation is 5. The Morgan fingerprint density at radius 2 is 1.93 bits per heavy atom. The average Bonchev–Trinajstić information content (AvgIpc) is 3.01. The Balaban J connectivity index is 1.43. The van der Waals surface area contributed by atoms with Crippen molar-refractivity contribution in [2.24, 2.45) is 0 Å². The molecular formula is C22H29N3O3. The highest BCUT2D eigenvalue weighted by Gasteiger charge is 2.15. The van der Waals surface area contributed by atoms with E-state index in [0.717, 1.165) is 29.8 Å². The van der Waals surface area contributed by atoms with E-state index in [1.165, 1.54) is 24.0 Å². The summed E-state index contributed by atoms with van der Waals surface area (Å²) in [6.07, 6.45) is 4.92. The number of ether oxygens (including phenoxy) is 1. The maximum atomic E-state index is 12.1. The Hall–Kier alpha value is -2.63. The number of fused-ring (bicyclic) bond motifs is 1. The molecule has 28 heavy (non-hydrogen) atoms. The molecular weight excluding hydrogens is 354 g/mol. The van der Waals surface area contributed by atoms with Crippen molar-refractivity contribution in [1.82, 2.24) is 15.1 Å². The lowest BCUT2D eigenvalue weighted by atomic mass is 9.89. The van der Waals surface area contributed by atoms with E-state index in [9.17, 15) is 9.59 Å². The van der Waals surface area contributed by atoms with E-state index in [2.05, 4.69) is 28.6 Å². The van der Waals surface area contributed by atoms with Gasteiger partial charge in [-0.15, -0.1) is 0 Å². The second-order valence-corrected chi connectivity index (χ2v) is 7.59. The average molecular weight is 383 g/mol. The van der Waals surface area contributed by atoms with Crippen LogP contribution >= 0.6 is 0 Å². The fraction of sp³-hybridized carbons (Fsp3) is 0.500. The largest absolute Gasteiger partial charge is 0.456 e. The summed E-state index contributed by atoms with van der Waals surface area (Å²) in [5.41, 5.74) is 5.82. The van der Waals surface area contributed by atoms with Gasteiger partial charge in [-0.05, 0) is 69.2 Å². The third-order valence-electron chi connectivity index (χ3n) is 5.25. The first-order valence-electron chi connectivity index (χ1n) is 10.00. The number of amides is 1. The van der Waals surface area contributed by atoms with E-state index in [4.69, 9.17) is 4.74 Å². The smallest absolute Gasteiger partial charge is 0.308 e. The Morgan fingerprint density at radius 1 is 1.18 bits per heavy atom. The van der Waals surface area contributed by atoms with Crippen LogP contribution < -0.4 is 5.32 Å². The second-order valence-electron chi connectivity index (χ2n) is 7.59. The molecule has 1 amide bonds. The molecule has 0 spiro atoms. The van der Waals surface area contributed by atoms with Crippen molar-refractivity contribution in [3.8, 4) is 0 Å². The number of hydrogen-bond donors (Lipinski definition) is 1. The van der Waals surface area contributed by atoms with Gasteiger partial charge in [-0.25, -0.2) is 0 Å². The molecule has 0 saturated carbocycles. The SMILES string of the molecule is Cc1cc(C)n(CCC(=O)OCC(=O)NC(C)c2ccc3c(c2)CCCC3)n1. The monoisotopic (exact) mass is 383 g/mol. The predicted molar refractivity (Wildman–Crippen MR) is 107 cm³/mol. The van der Waals surface area contributed by atoms with E-state index < -0.39 is 5.97 Å². The van der Waals surface area contributed by atoms with Crippen LogP contribution in [0.5, 0.6) is 0 Å². The normalized spacial score (nSPS) is 14.2. The lowest BCUT2D eigenvalue weighted by Crippen LogP contribution is -2.31. The van der Waals surface area contributed by atoms with Gasteiger partial charge in [-0.1, -0.05) is 18.2 Å². The molecule has 150 valence electrons. The molecule has 0 bridgehead atoms. The second kappa shape index (κ2) is 9.04. The number of nitrogens with zero attached hydrogens (tertiary/aromatic N) is 2. The highest BCUT2D eigenvalue weighted by atomic mass is 16.5. The zero-order valence-electron chi connectivity index (χ0n) is 17.0. The van der Waals surface area contributed by atoms with Gasteiger partial charge in [-0.2, -0.15) is 5.10 Å². The number of esters is 1. The van der Waals surface area contributed by atoms with Gasteiger partial charge >= 0.3 is 5.97 Å². The number of benzene rings is 1. The number of carbonyl (C=O) groups is 2. The van der Waals surface area contributed by atoms with Gasteiger partial charge in [0.2, 0.25) is 0 Å². The summed E-state index contributed by atoms with van der Waals surface area (Å²) in [4.78, 5) is 24.1. The zero-order chi connectivity index (χ0) is 20.1. The van der Waals surface area contributed by atoms with E-state index in [-0.39, 0.29) is 25.0 Å². The standard InChI is InChI=1S/C22H29N3O3/c1-15-12-16(2)25(24-15)11-10-22(27)28-14-21(26)23-17(3)19-9-8-18-6-4-5-7-20(18)13-19/h8-9,12-13,17H,4-7,10-11,14H2,1-3H3,(H,23,26). The molecule has 1 unspecified atom stereocenters. The fourth-order valence-corrected chi connectivity index (χ4v) is 3.71. The molecule has 2 aromatic rings. The summed E-state index contributed by atoms with van der Waals surface area (Å²) < 4.78 is 6.88. The van der Waals surface area contributed by atoms with Crippen molar-refractivity contribution in [3.05, 3.63) is 52.3 Å². The van der Waals surface area contributed by atoms with Crippen LogP contribution in [-0.4, -0.2) is 28.3 Å². The third-order valence-corrected chi connectivity index (χ3v) is 5.25. The molecule has 1 N–H and O–H groups in total. The minimum atomic E-state index is -0.399. The van der Waals surface area contributed by atoms with E-state index in [0.29, 0.717) is 6.54 Å². The van der Waals surface area contributed by atoms with E-state index in [1.807, 2.05) is 26.8 Å². The topological polar surface area (TPSA) is 73.2 Å². The van der Waals surface area contributed by atoms with Crippen molar-refractivity contribution in [2.75, 3.05) is 6.61 Å². The molecule has 1 atom stereocenters. The first-order chi connectivity index (χ1) is 13.4. The van der Waals surface area contributed by atoms with Gasteiger partial charge in [0, 0.05) is 5.69 Å². The van der Waals surface area contributed by atoms with Crippen molar-refractivity contribution in [2.45, 2.75) is 65.5 Å². The summed E-state index contributed by atoms with van der Waals surface area (Å²) >= 11 is 0. The zero-order valence-corrected chi connectivity index (χ0v) is 17.0. The van der Waals surface area contributed by atoms with Crippen molar-refractivity contribution in [3.63, 3.8) is 0 Å². The van der Waals surface area contributed by atoms with Gasteiger partial charge in [-0.3, -0.25) is 14.3 Å². The molecule has 0 saturated heterocycles. The molecule has 1 aromatic heterocycles. The Kier molecular flexibility index (Phi) is 6.49. The Bertz CT molecular complexity index is 857. The van der Waals surface area contributed by atoms with Crippen LogP contribution in [0.4, 0.5) is 0 Å². The number of nitrogens with one attached hydrogen (secondary N) is 1. The predicted octanol–water partition coefficient (Wildman–Crippen LogP) is 3.19. The van der Waals surface area contributed by atoms with Crippen LogP contribution in [0.15, 0.2) is 24.3 Å². The maximum Gasteiger partial charge on any atom is 0.308 e. The van der Waals surface area contributed by atoms with Crippen molar-refractivity contribution >= 4 is 11.9 Å². The van der Waals surface area contributed by atoms with Crippen LogP contribution in [0.2, 0.25) is 0 Å². The lowest BCUT2D eigenvalue weighted by molar-refractivity contribution is -0.149. The van der Waals surface area contributed by atoms with Gasteiger partial charge in [0.15, 0.2) is 6.61 Å². The van der Waals surface area contributed by atoms with Crippen molar-refractivity contribution in [1.29, 1.82) is 0 Å². The minimum absolute atomic E-state index is 0.117. The van der Waals surface area contributed by atoms with E-state index in [1.54, 1.807) is 4.68 Å². The molecule has 1 aromatic carbocycles. The van der Waals surface area contributed by atoms with Crippen LogP contribution in [0.3, 0.4) is 0 Å². The minimum Gasteiger partial charge on any atom is -0.456 e. The molecule has 6 nitrogen and oxygen atoms in total. The van der Waals surface area contributed by atoms with Gasteiger partial charge in [0.25, 0.3) is 5.91 Å². The maximum absolute atomic E-state index is 12.1. The van der Waals surface area contributed by atoms with Crippen LogP contribution in [-0.2, 0) is 33.7 Å². The summed E-state index contributed by atoms with van der Waals surface area (Å²) in [6.45, 7) is 6.00. The van der Waals surface area contributed by atoms with Gasteiger partial charge in [0.05, 0.1) is 24.7 Å². The van der Waals surface area contributed by atoms with Crippen LogP contribution in [0, 0.1) is 13.8 Å². The number of hydrogen-bond acceptors (Lipinski definition) is 4. The van der Waals surface area contributed by atoms with Gasteiger partial charge < -0.3 is 10.1 Å². The lowest BCUT2D eigenvalue weighted by Gasteiger charge is -2.20. The summed E-state index contributed by atoms with van der Waals surface area (Å²) in [6, 6.07) is 8.29.